The third kappa shape index (κ3) is 6.80. The molecule has 0 amide bonds. The van der Waals surface area contributed by atoms with Crippen molar-refractivity contribution in [3.8, 4) is 0 Å². The predicted octanol–water partition coefficient (Wildman–Crippen LogP) is 5.94. The van der Waals surface area contributed by atoms with Gasteiger partial charge in [0.2, 0.25) is 5.92 Å². The van der Waals surface area contributed by atoms with Crippen LogP contribution < -0.4 is 10.6 Å². The molecule has 0 saturated heterocycles. The second kappa shape index (κ2) is 9.49. The lowest BCUT2D eigenvalue weighted by molar-refractivity contribution is 0.0133. The van der Waals surface area contributed by atoms with E-state index in [-0.39, 0.29) is 12.5 Å². The molecule has 5 heteroatoms. The molecule has 0 spiro atoms. The average Bonchev–Trinajstić information content (AvgIpc) is 2.62. The molecule has 2 N–H and O–H groups in total. The molecule has 0 aliphatic carbocycles. The molecule has 1 aromatic carbocycles. The Balaban J connectivity index is 1.93. The zero-order valence-corrected chi connectivity index (χ0v) is 16.9. The maximum absolute atomic E-state index is 13.0. The number of alkyl halides is 2. The first-order chi connectivity index (χ1) is 13.2. The first kappa shape index (κ1) is 21.6. The van der Waals surface area contributed by atoms with Crippen LogP contribution in [0.1, 0.15) is 48.7 Å². The first-order valence-corrected chi connectivity index (χ1v) is 9.42. The lowest BCUT2D eigenvalue weighted by Gasteiger charge is -2.18. The number of nitrogens with one attached hydrogen (secondary N) is 2. The maximum Gasteiger partial charge on any atom is 0.245 e. The third-order valence-electron chi connectivity index (χ3n) is 4.54. The monoisotopic (exact) mass is 385 g/mol. The van der Waals surface area contributed by atoms with Gasteiger partial charge in [-0.2, -0.15) is 0 Å². The van der Waals surface area contributed by atoms with Crippen LogP contribution in [0.25, 0.3) is 0 Å². The molecular formula is C23H29F2N3. The van der Waals surface area contributed by atoms with E-state index in [4.69, 9.17) is 0 Å². The standard InChI is InChI=1S/C23H29F2N3/c1-6-26-22-14-20(8-7-16(22)2)13-17(3)28-18(4)21-10-9-19(15-27-21)11-12-23(5,24)25/h6-10,14-15,18,26,28H,1,3,11-13H2,2,4-5H3. The van der Waals surface area contributed by atoms with Crippen LogP contribution in [0.5, 0.6) is 0 Å². The van der Waals surface area contributed by atoms with E-state index < -0.39 is 5.92 Å². The minimum Gasteiger partial charge on any atom is -0.380 e. The average molecular weight is 386 g/mol. The molecule has 2 aromatic rings. The van der Waals surface area contributed by atoms with Gasteiger partial charge in [0.1, 0.15) is 0 Å². The van der Waals surface area contributed by atoms with E-state index >= 15 is 0 Å². The normalized spacial score (nSPS) is 12.3. The van der Waals surface area contributed by atoms with Crippen molar-refractivity contribution >= 4 is 5.69 Å². The second-order valence-corrected chi connectivity index (χ2v) is 7.31. The molecule has 0 fully saturated rings. The van der Waals surface area contributed by atoms with Crippen molar-refractivity contribution in [2.75, 3.05) is 5.32 Å². The molecule has 1 atom stereocenters. The van der Waals surface area contributed by atoms with Gasteiger partial charge in [-0.1, -0.05) is 31.4 Å². The fraction of sp³-hybridized carbons (Fsp3) is 0.348. The number of nitrogens with zero attached hydrogens (tertiary/aromatic N) is 1. The number of benzene rings is 1. The fourth-order valence-corrected chi connectivity index (χ4v) is 2.93. The highest BCUT2D eigenvalue weighted by molar-refractivity contribution is 5.54. The van der Waals surface area contributed by atoms with Gasteiger partial charge in [-0.05, 0) is 62.2 Å². The molecule has 1 heterocycles. The number of anilines is 1. The number of hydrogen-bond donors (Lipinski definition) is 2. The van der Waals surface area contributed by atoms with Crippen molar-refractivity contribution in [2.24, 2.45) is 0 Å². The Morgan fingerprint density at radius 3 is 2.57 bits per heavy atom. The van der Waals surface area contributed by atoms with Gasteiger partial charge >= 0.3 is 0 Å². The SMILES string of the molecule is C=CNc1cc(CC(=C)NC(C)c2ccc(CCC(C)(F)F)cn2)ccc1C. The fourth-order valence-electron chi connectivity index (χ4n) is 2.93. The van der Waals surface area contributed by atoms with Crippen LogP contribution in [-0.2, 0) is 12.8 Å². The number of pyridine rings is 1. The number of hydrogen-bond acceptors (Lipinski definition) is 3. The highest BCUT2D eigenvalue weighted by atomic mass is 19.3. The van der Waals surface area contributed by atoms with Gasteiger partial charge in [-0.15, -0.1) is 0 Å². The number of halogens is 2. The first-order valence-electron chi connectivity index (χ1n) is 9.42. The van der Waals surface area contributed by atoms with Crippen molar-refractivity contribution in [3.63, 3.8) is 0 Å². The van der Waals surface area contributed by atoms with Crippen LogP contribution in [0.2, 0.25) is 0 Å². The molecular weight excluding hydrogens is 356 g/mol. The smallest absolute Gasteiger partial charge is 0.245 e. The summed E-state index contributed by atoms with van der Waals surface area (Å²) in [6.45, 7) is 12.8. The molecule has 1 unspecified atom stereocenters. The van der Waals surface area contributed by atoms with Crippen molar-refractivity contribution in [1.82, 2.24) is 10.3 Å². The molecule has 1 aromatic heterocycles. The molecule has 0 radical (unpaired) electrons. The molecule has 28 heavy (non-hydrogen) atoms. The minimum atomic E-state index is -2.65. The molecule has 3 nitrogen and oxygen atoms in total. The summed E-state index contributed by atoms with van der Waals surface area (Å²) in [6, 6.07) is 9.96. The summed E-state index contributed by atoms with van der Waals surface area (Å²) in [6.07, 6.45) is 4.19. The lowest BCUT2D eigenvalue weighted by Crippen LogP contribution is -2.20. The van der Waals surface area contributed by atoms with Crippen LogP contribution in [0.3, 0.4) is 0 Å². The van der Waals surface area contributed by atoms with E-state index in [9.17, 15) is 8.78 Å². The summed E-state index contributed by atoms with van der Waals surface area (Å²) in [4.78, 5) is 4.42. The van der Waals surface area contributed by atoms with E-state index in [1.54, 1.807) is 12.4 Å². The van der Waals surface area contributed by atoms with E-state index in [1.807, 2.05) is 26.0 Å². The lowest BCUT2D eigenvalue weighted by atomic mass is 10.0. The summed E-state index contributed by atoms with van der Waals surface area (Å²) >= 11 is 0. The Labute approximate surface area is 166 Å². The van der Waals surface area contributed by atoms with E-state index in [0.29, 0.717) is 12.8 Å². The topological polar surface area (TPSA) is 37.0 Å². The molecule has 0 aliphatic heterocycles. The Kier molecular flexibility index (Phi) is 7.32. The summed E-state index contributed by atoms with van der Waals surface area (Å²) in [5, 5.41) is 6.51. The molecule has 2 rings (SSSR count). The number of rotatable bonds is 10. The van der Waals surface area contributed by atoms with Gasteiger partial charge in [-0.25, -0.2) is 8.78 Å². The number of allylic oxidation sites excluding steroid dienone is 1. The Bertz CT molecular complexity index is 808. The highest BCUT2D eigenvalue weighted by Crippen LogP contribution is 2.21. The van der Waals surface area contributed by atoms with Crippen molar-refractivity contribution in [3.05, 3.63) is 84.0 Å². The van der Waals surface area contributed by atoms with Crippen LogP contribution in [0, 0.1) is 6.92 Å². The van der Waals surface area contributed by atoms with Crippen LogP contribution >= 0.6 is 0 Å². The molecule has 150 valence electrons. The molecule has 0 bridgehead atoms. The quantitative estimate of drug-likeness (QED) is 0.531. The van der Waals surface area contributed by atoms with E-state index in [1.165, 1.54) is 0 Å². The zero-order chi connectivity index (χ0) is 20.7. The van der Waals surface area contributed by atoms with Crippen molar-refractivity contribution in [2.45, 2.75) is 52.0 Å². The Morgan fingerprint density at radius 2 is 1.96 bits per heavy atom. The van der Waals surface area contributed by atoms with E-state index in [0.717, 1.165) is 40.7 Å². The van der Waals surface area contributed by atoms with Gasteiger partial charge in [0.15, 0.2) is 0 Å². The van der Waals surface area contributed by atoms with E-state index in [2.05, 4.69) is 47.0 Å². The van der Waals surface area contributed by atoms with Crippen molar-refractivity contribution in [1.29, 1.82) is 0 Å². The summed E-state index contributed by atoms with van der Waals surface area (Å²) in [7, 11) is 0. The molecule has 0 saturated carbocycles. The predicted molar refractivity (Wildman–Crippen MR) is 113 cm³/mol. The summed E-state index contributed by atoms with van der Waals surface area (Å²) < 4.78 is 26.0. The van der Waals surface area contributed by atoms with Crippen LogP contribution in [0.4, 0.5) is 14.5 Å². The summed E-state index contributed by atoms with van der Waals surface area (Å²) in [5.74, 6) is -2.65. The highest BCUT2D eigenvalue weighted by Gasteiger charge is 2.20. The number of aryl methyl sites for hydroxylation is 2. The maximum atomic E-state index is 13.0. The van der Waals surface area contributed by atoms with Crippen LogP contribution in [-0.4, -0.2) is 10.9 Å². The van der Waals surface area contributed by atoms with Gasteiger partial charge in [0, 0.05) is 30.4 Å². The second-order valence-electron chi connectivity index (χ2n) is 7.31. The minimum absolute atomic E-state index is 0.0228. The number of aromatic nitrogens is 1. The summed E-state index contributed by atoms with van der Waals surface area (Å²) in [5.41, 5.74) is 5.88. The molecule has 0 aliphatic rings. The van der Waals surface area contributed by atoms with Gasteiger partial charge in [-0.3, -0.25) is 4.98 Å². The van der Waals surface area contributed by atoms with Crippen LogP contribution in [0.15, 0.2) is 61.6 Å². The van der Waals surface area contributed by atoms with Gasteiger partial charge < -0.3 is 10.6 Å². The Morgan fingerprint density at radius 1 is 1.25 bits per heavy atom. The largest absolute Gasteiger partial charge is 0.380 e. The zero-order valence-electron chi connectivity index (χ0n) is 16.9. The third-order valence-corrected chi connectivity index (χ3v) is 4.54. The Hall–Kier alpha value is -2.69. The van der Waals surface area contributed by atoms with Gasteiger partial charge in [0.05, 0.1) is 11.7 Å². The van der Waals surface area contributed by atoms with Crippen molar-refractivity contribution < 1.29 is 8.78 Å². The van der Waals surface area contributed by atoms with Gasteiger partial charge in [0.25, 0.3) is 0 Å².